The third-order valence-electron chi connectivity index (χ3n) is 4.73. The number of hydrogen-bond acceptors (Lipinski definition) is 3. The van der Waals surface area contributed by atoms with Crippen LogP contribution in [0, 0.1) is 17.8 Å². The Labute approximate surface area is 115 Å². The summed E-state index contributed by atoms with van der Waals surface area (Å²) < 4.78 is 0. The summed E-state index contributed by atoms with van der Waals surface area (Å²) in [5.41, 5.74) is 4.56. The molecule has 2 nitrogen and oxygen atoms in total. The van der Waals surface area contributed by atoms with Crippen molar-refractivity contribution in [1.82, 2.24) is 5.43 Å². The molecule has 0 aliphatic heterocycles. The van der Waals surface area contributed by atoms with Crippen LogP contribution in [0.15, 0.2) is 11.4 Å². The zero-order valence-corrected chi connectivity index (χ0v) is 12.6. The zero-order chi connectivity index (χ0) is 13.1. The van der Waals surface area contributed by atoms with Gasteiger partial charge in [0.1, 0.15) is 0 Å². The lowest BCUT2D eigenvalue weighted by Gasteiger charge is -2.36. The molecule has 1 aromatic rings. The molecule has 4 unspecified atom stereocenters. The third kappa shape index (κ3) is 2.79. The van der Waals surface area contributed by atoms with Gasteiger partial charge >= 0.3 is 0 Å². The Morgan fingerprint density at radius 2 is 2.17 bits per heavy atom. The lowest BCUT2D eigenvalue weighted by atomic mass is 9.73. The lowest BCUT2D eigenvalue weighted by molar-refractivity contribution is 0.172. The van der Waals surface area contributed by atoms with Crippen LogP contribution in [0.1, 0.15) is 56.5 Å². The van der Waals surface area contributed by atoms with Crippen molar-refractivity contribution in [2.24, 2.45) is 23.6 Å². The van der Waals surface area contributed by atoms with Crippen LogP contribution in [0.25, 0.3) is 0 Å². The minimum atomic E-state index is 0.356. The van der Waals surface area contributed by atoms with Gasteiger partial charge in [-0.15, -0.1) is 11.3 Å². The number of thiophene rings is 1. The Hall–Kier alpha value is -0.380. The van der Waals surface area contributed by atoms with E-state index in [0.717, 1.165) is 18.3 Å². The normalized spacial score (nSPS) is 30.3. The summed E-state index contributed by atoms with van der Waals surface area (Å²) in [6.45, 7) is 7.00. The Morgan fingerprint density at radius 3 is 2.78 bits per heavy atom. The van der Waals surface area contributed by atoms with Crippen LogP contribution in [-0.2, 0) is 6.42 Å². The van der Waals surface area contributed by atoms with Crippen molar-refractivity contribution in [3.8, 4) is 0 Å². The monoisotopic (exact) mass is 266 g/mol. The van der Waals surface area contributed by atoms with E-state index < -0.39 is 0 Å². The van der Waals surface area contributed by atoms with Gasteiger partial charge in [-0.05, 0) is 54.0 Å². The summed E-state index contributed by atoms with van der Waals surface area (Å²) in [5, 5.41) is 2.20. The molecule has 1 aromatic heterocycles. The van der Waals surface area contributed by atoms with E-state index >= 15 is 0 Å². The molecular weight excluding hydrogens is 240 g/mol. The van der Waals surface area contributed by atoms with Crippen molar-refractivity contribution < 1.29 is 0 Å². The molecule has 0 amide bonds. The predicted molar refractivity (Wildman–Crippen MR) is 79.4 cm³/mol. The summed E-state index contributed by atoms with van der Waals surface area (Å²) in [6.07, 6.45) is 5.06. The first-order valence-corrected chi connectivity index (χ1v) is 8.07. The largest absolute Gasteiger partial charge is 0.271 e. The summed E-state index contributed by atoms with van der Waals surface area (Å²) in [4.78, 5) is 1.46. The van der Waals surface area contributed by atoms with Crippen molar-refractivity contribution in [3.63, 3.8) is 0 Å². The fourth-order valence-corrected chi connectivity index (χ4v) is 4.38. The molecule has 0 bridgehead atoms. The maximum Gasteiger partial charge on any atom is 0.0584 e. The molecule has 1 fully saturated rings. The highest BCUT2D eigenvalue weighted by molar-refractivity contribution is 7.10. The van der Waals surface area contributed by atoms with E-state index in [2.05, 4.69) is 37.6 Å². The lowest BCUT2D eigenvalue weighted by Crippen LogP contribution is -2.36. The molecule has 3 N–H and O–H groups in total. The summed E-state index contributed by atoms with van der Waals surface area (Å²) in [6, 6.07) is 2.61. The number of rotatable bonds is 4. The molecule has 1 heterocycles. The molecule has 4 atom stereocenters. The van der Waals surface area contributed by atoms with Crippen LogP contribution in [-0.4, -0.2) is 0 Å². The number of aryl methyl sites for hydroxylation is 1. The van der Waals surface area contributed by atoms with E-state index in [1.165, 1.54) is 29.7 Å². The molecule has 18 heavy (non-hydrogen) atoms. The van der Waals surface area contributed by atoms with Gasteiger partial charge in [-0.2, -0.15) is 0 Å². The highest BCUT2D eigenvalue weighted by Crippen LogP contribution is 2.41. The topological polar surface area (TPSA) is 38.0 Å². The second-order valence-electron chi connectivity index (χ2n) is 5.84. The molecule has 3 heteroatoms. The van der Waals surface area contributed by atoms with E-state index in [-0.39, 0.29) is 0 Å². The molecule has 1 aliphatic carbocycles. The minimum absolute atomic E-state index is 0.356. The Balaban J connectivity index is 2.14. The highest BCUT2D eigenvalue weighted by atomic mass is 32.1. The molecule has 102 valence electrons. The van der Waals surface area contributed by atoms with Crippen LogP contribution in [0.2, 0.25) is 0 Å². The first kappa shape index (κ1) is 14.0. The molecule has 1 saturated carbocycles. The Bertz CT molecular complexity index is 374. The van der Waals surface area contributed by atoms with Crippen molar-refractivity contribution >= 4 is 11.3 Å². The second kappa shape index (κ2) is 6.18. The SMILES string of the molecule is CCc1ccsc1C(NN)C1CCC(C)C(C)C1. The van der Waals surface area contributed by atoms with E-state index in [4.69, 9.17) is 5.84 Å². The van der Waals surface area contributed by atoms with Crippen molar-refractivity contribution in [2.45, 2.75) is 52.5 Å². The van der Waals surface area contributed by atoms with Crippen molar-refractivity contribution in [1.29, 1.82) is 0 Å². The average Bonchev–Trinajstić information content (AvgIpc) is 2.83. The van der Waals surface area contributed by atoms with Gasteiger partial charge < -0.3 is 0 Å². The summed E-state index contributed by atoms with van der Waals surface area (Å²) >= 11 is 1.86. The van der Waals surface area contributed by atoms with E-state index in [1.807, 2.05) is 11.3 Å². The quantitative estimate of drug-likeness (QED) is 0.641. The van der Waals surface area contributed by atoms with Gasteiger partial charge in [0.2, 0.25) is 0 Å². The van der Waals surface area contributed by atoms with Crippen LogP contribution < -0.4 is 11.3 Å². The van der Waals surface area contributed by atoms with E-state index in [1.54, 1.807) is 0 Å². The van der Waals surface area contributed by atoms with Gasteiger partial charge in [0.15, 0.2) is 0 Å². The standard InChI is InChI=1S/C15H26N2S/c1-4-12-7-8-18-15(12)14(17-16)13-6-5-10(2)11(3)9-13/h7-8,10-11,13-14,17H,4-6,9,16H2,1-3H3. The van der Waals surface area contributed by atoms with E-state index in [9.17, 15) is 0 Å². The maximum absolute atomic E-state index is 5.86. The van der Waals surface area contributed by atoms with Gasteiger partial charge in [0.05, 0.1) is 6.04 Å². The van der Waals surface area contributed by atoms with Gasteiger partial charge in [-0.3, -0.25) is 11.3 Å². The number of hydrazine groups is 1. The first-order valence-electron chi connectivity index (χ1n) is 7.19. The third-order valence-corrected chi connectivity index (χ3v) is 5.78. The second-order valence-corrected chi connectivity index (χ2v) is 6.78. The smallest absolute Gasteiger partial charge is 0.0584 e. The zero-order valence-electron chi connectivity index (χ0n) is 11.8. The van der Waals surface area contributed by atoms with Crippen LogP contribution in [0.4, 0.5) is 0 Å². The average molecular weight is 266 g/mol. The fraction of sp³-hybridized carbons (Fsp3) is 0.733. The van der Waals surface area contributed by atoms with Crippen LogP contribution in [0.3, 0.4) is 0 Å². The molecular formula is C15H26N2S. The Kier molecular flexibility index (Phi) is 4.82. The fourth-order valence-electron chi connectivity index (χ4n) is 3.23. The summed E-state index contributed by atoms with van der Waals surface area (Å²) in [5.74, 6) is 8.25. The maximum atomic E-state index is 5.86. The van der Waals surface area contributed by atoms with Crippen molar-refractivity contribution in [3.05, 3.63) is 21.9 Å². The van der Waals surface area contributed by atoms with Gasteiger partial charge in [-0.25, -0.2) is 0 Å². The molecule has 1 aliphatic rings. The number of nitrogens with two attached hydrogens (primary N) is 1. The molecule has 2 rings (SSSR count). The van der Waals surface area contributed by atoms with Crippen molar-refractivity contribution in [2.75, 3.05) is 0 Å². The minimum Gasteiger partial charge on any atom is -0.271 e. The Morgan fingerprint density at radius 1 is 1.39 bits per heavy atom. The number of hydrogen-bond donors (Lipinski definition) is 2. The van der Waals surface area contributed by atoms with Crippen LogP contribution in [0.5, 0.6) is 0 Å². The molecule has 0 aromatic carbocycles. The molecule has 0 saturated heterocycles. The van der Waals surface area contributed by atoms with E-state index in [0.29, 0.717) is 12.0 Å². The van der Waals surface area contributed by atoms with Gasteiger partial charge in [0.25, 0.3) is 0 Å². The van der Waals surface area contributed by atoms with Gasteiger partial charge in [-0.1, -0.05) is 27.2 Å². The highest BCUT2D eigenvalue weighted by Gasteiger charge is 2.31. The first-order chi connectivity index (χ1) is 8.67. The van der Waals surface area contributed by atoms with Crippen LogP contribution >= 0.6 is 11.3 Å². The predicted octanol–water partition coefficient (Wildman–Crippen LogP) is 3.89. The summed E-state index contributed by atoms with van der Waals surface area (Å²) in [7, 11) is 0. The number of nitrogens with one attached hydrogen (secondary N) is 1. The van der Waals surface area contributed by atoms with Gasteiger partial charge in [0, 0.05) is 4.88 Å². The molecule has 0 spiro atoms. The molecule has 0 radical (unpaired) electrons.